The van der Waals surface area contributed by atoms with E-state index in [1.807, 2.05) is 19.1 Å². The molecule has 1 saturated heterocycles. The number of halogens is 1. The van der Waals surface area contributed by atoms with Crippen LogP contribution in [0.5, 0.6) is 5.88 Å². The molecule has 4 rings (SSSR count). The first-order valence-corrected chi connectivity index (χ1v) is 11.5. The predicted molar refractivity (Wildman–Crippen MR) is 125 cm³/mol. The summed E-state index contributed by atoms with van der Waals surface area (Å²) in [6.07, 6.45) is 3.50. The normalized spacial score (nSPS) is 14.2. The molecule has 0 bridgehead atoms. The number of hydrogen-bond acceptors (Lipinski definition) is 8. The van der Waals surface area contributed by atoms with E-state index in [0.717, 1.165) is 31.6 Å². The van der Waals surface area contributed by atoms with Crippen molar-refractivity contribution in [3.8, 4) is 5.88 Å². The molecule has 1 aliphatic heterocycles. The lowest BCUT2D eigenvalue weighted by atomic mass is 10.0. The van der Waals surface area contributed by atoms with Crippen molar-refractivity contribution >= 4 is 45.5 Å². The number of amides is 1. The van der Waals surface area contributed by atoms with Gasteiger partial charge in [-0.05, 0) is 44.2 Å². The first kappa shape index (κ1) is 22.4. The quantitative estimate of drug-likeness (QED) is 0.498. The van der Waals surface area contributed by atoms with Crippen LogP contribution in [0.1, 0.15) is 33.9 Å². The molecule has 0 aliphatic carbocycles. The standard InChI is InChI=1S/C22H24ClN5O3S/c1-13-4-3-5-16(23)20(13)28-21(29)17-11-24-22(32-17)27-18-10-19(26-14(2)25-18)31-12-15-6-8-30-9-7-15/h3-5,10-11,15H,6-9,12H2,1-2H3,(H,28,29)(H,24,25,26,27). The van der Waals surface area contributed by atoms with Crippen LogP contribution < -0.4 is 15.4 Å². The lowest BCUT2D eigenvalue weighted by Crippen LogP contribution is -2.21. The number of carbonyl (C=O) groups excluding carboxylic acids is 1. The van der Waals surface area contributed by atoms with Crippen LogP contribution in [0.2, 0.25) is 5.02 Å². The Bertz CT molecular complexity index is 1080. The summed E-state index contributed by atoms with van der Waals surface area (Å²) in [7, 11) is 0. The summed E-state index contributed by atoms with van der Waals surface area (Å²) in [5, 5.41) is 7.02. The number of para-hydroxylation sites is 1. The van der Waals surface area contributed by atoms with Crippen molar-refractivity contribution in [2.45, 2.75) is 26.7 Å². The zero-order valence-electron chi connectivity index (χ0n) is 17.9. The van der Waals surface area contributed by atoms with Gasteiger partial charge in [-0.1, -0.05) is 35.1 Å². The largest absolute Gasteiger partial charge is 0.477 e. The number of aromatic nitrogens is 3. The van der Waals surface area contributed by atoms with E-state index in [9.17, 15) is 4.79 Å². The van der Waals surface area contributed by atoms with E-state index in [4.69, 9.17) is 21.1 Å². The highest BCUT2D eigenvalue weighted by molar-refractivity contribution is 7.17. The third kappa shape index (κ3) is 5.73. The number of rotatable bonds is 7. The summed E-state index contributed by atoms with van der Waals surface area (Å²) >= 11 is 7.43. The van der Waals surface area contributed by atoms with E-state index in [1.54, 1.807) is 19.1 Å². The third-order valence-corrected chi connectivity index (χ3v) is 6.27. The molecule has 0 saturated carbocycles. The predicted octanol–water partition coefficient (Wildman–Crippen LogP) is 5.00. The average molecular weight is 474 g/mol. The summed E-state index contributed by atoms with van der Waals surface area (Å²) < 4.78 is 11.3. The van der Waals surface area contributed by atoms with Gasteiger partial charge in [-0.15, -0.1) is 0 Å². The molecule has 10 heteroatoms. The average Bonchev–Trinajstić information content (AvgIpc) is 3.24. The van der Waals surface area contributed by atoms with Gasteiger partial charge in [0.1, 0.15) is 16.5 Å². The van der Waals surface area contributed by atoms with Gasteiger partial charge in [0.25, 0.3) is 5.91 Å². The number of anilines is 3. The van der Waals surface area contributed by atoms with Gasteiger partial charge in [0.15, 0.2) is 5.13 Å². The van der Waals surface area contributed by atoms with E-state index in [2.05, 4.69) is 25.6 Å². The fraction of sp³-hybridized carbons (Fsp3) is 0.364. The van der Waals surface area contributed by atoms with Gasteiger partial charge in [0.2, 0.25) is 5.88 Å². The Morgan fingerprint density at radius 2 is 2.09 bits per heavy atom. The molecule has 3 aromatic rings. The van der Waals surface area contributed by atoms with Gasteiger partial charge in [-0.3, -0.25) is 4.79 Å². The van der Waals surface area contributed by atoms with Crippen LogP contribution in [-0.2, 0) is 4.74 Å². The zero-order chi connectivity index (χ0) is 22.5. The summed E-state index contributed by atoms with van der Waals surface area (Å²) in [6, 6.07) is 7.21. The van der Waals surface area contributed by atoms with Crippen LogP contribution in [-0.4, -0.2) is 40.7 Å². The molecule has 2 N–H and O–H groups in total. The van der Waals surface area contributed by atoms with Gasteiger partial charge in [-0.25, -0.2) is 9.97 Å². The highest BCUT2D eigenvalue weighted by Crippen LogP contribution is 2.28. The Balaban J connectivity index is 1.40. The second kappa shape index (κ2) is 10.2. The first-order valence-electron chi connectivity index (χ1n) is 10.3. The number of ether oxygens (including phenoxy) is 2. The van der Waals surface area contributed by atoms with Crippen LogP contribution >= 0.6 is 22.9 Å². The second-order valence-electron chi connectivity index (χ2n) is 7.55. The van der Waals surface area contributed by atoms with Crippen molar-refractivity contribution in [2.75, 3.05) is 30.5 Å². The maximum atomic E-state index is 12.6. The molecule has 2 aromatic heterocycles. The number of aryl methyl sites for hydroxylation is 2. The molecule has 8 nitrogen and oxygen atoms in total. The van der Waals surface area contributed by atoms with Crippen molar-refractivity contribution < 1.29 is 14.3 Å². The highest BCUT2D eigenvalue weighted by Gasteiger charge is 2.16. The van der Waals surface area contributed by atoms with Gasteiger partial charge in [0.05, 0.1) is 23.5 Å². The molecule has 0 unspecified atom stereocenters. The molecule has 1 aromatic carbocycles. The Morgan fingerprint density at radius 3 is 2.88 bits per heavy atom. The molecule has 0 spiro atoms. The van der Waals surface area contributed by atoms with E-state index in [1.165, 1.54) is 17.5 Å². The minimum atomic E-state index is -0.272. The number of hydrogen-bond donors (Lipinski definition) is 2. The summed E-state index contributed by atoms with van der Waals surface area (Å²) in [5.41, 5.74) is 1.48. The van der Waals surface area contributed by atoms with E-state index in [-0.39, 0.29) is 5.91 Å². The fourth-order valence-corrected chi connectivity index (χ4v) is 4.29. The van der Waals surface area contributed by atoms with Gasteiger partial charge >= 0.3 is 0 Å². The molecule has 168 valence electrons. The molecule has 0 radical (unpaired) electrons. The number of nitrogens with one attached hydrogen (secondary N) is 2. The molecular formula is C22H24ClN5O3S. The van der Waals surface area contributed by atoms with Crippen LogP contribution in [0.3, 0.4) is 0 Å². The smallest absolute Gasteiger partial charge is 0.267 e. The topological polar surface area (TPSA) is 98.3 Å². The molecule has 0 atom stereocenters. The summed E-state index contributed by atoms with van der Waals surface area (Å²) in [6.45, 7) is 5.85. The molecule has 1 aliphatic rings. The van der Waals surface area contributed by atoms with Crippen LogP contribution in [0.25, 0.3) is 0 Å². The number of benzene rings is 1. The minimum Gasteiger partial charge on any atom is -0.477 e. The van der Waals surface area contributed by atoms with Crippen molar-refractivity contribution in [2.24, 2.45) is 5.92 Å². The van der Waals surface area contributed by atoms with Crippen LogP contribution in [0.15, 0.2) is 30.5 Å². The van der Waals surface area contributed by atoms with E-state index < -0.39 is 0 Å². The molecule has 1 amide bonds. The van der Waals surface area contributed by atoms with E-state index in [0.29, 0.717) is 50.8 Å². The minimum absolute atomic E-state index is 0.272. The number of nitrogens with zero attached hydrogens (tertiary/aromatic N) is 3. The van der Waals surface area contributed by atoms with Crippen molar-refractivity contribution in [3.05, 3.63) is 51.7 Å². The van der Waals surface area contributed by atoms with Crippen LogP contribution in [0.4, 0.5) is 16.6 Å². The maximum Gasteiger partial charge on any atom is 0.267 e. The second-order valence-corrected chi connectivity index (χ2v) is 8.98. The van der Waals surface area contributed by atoms with Crippen molar-refractivity contribution in [3.63, 3.8) is 0 Å². The maximum absolute atomic E-state index is 12.6. The van der Waals surface area contributed by atoms with Gasteiger partial charge < -0.3 is 20.1 Å². The van der Waals surface area contributed by atoms with Crippen molar-refractivity contribution in [1.29, 1.82) is 0 Å². The SMILES string of the molecule is Cc1nc(Nc2ncc(C(=O)Nc3c(C)cccc3Cl)s2)cc(OCC2CCOCC2)n1. The molecular weight excluding hydrogens is 450 g/mol. The van der Waals surface area contributed by atoms with Gasteiger partial charge in [-0.2, -0.15) is 4.98 Å². The van der Waals surface area contributed by atoms with E-state index >= 15 is 0 Å². The molecule has 1 fully saturated rings. The van der Waals surface area contributed by atoms with Crippen molar-refractivity contribution in [1.82, 2.24) is 15.0 Å². The van der Waals surface area contributed by atoms with Gasteiger partial charge in [0, 0.05) is 19.3 Å². The lowest BCUT2D eigenvalue weighted by molar-refractivity contribution is 0.0490. The fourth-order valence-electron chi connectivity index (χ4n) is 3.31. The summed E-state index contributed by atoms with van der Waals surface area (Å²) in [4.78, 5) is 26.1. The Morgan fingerprint density at radius 1 is 1.28 bits per heavy atom. The lowest BCUT2D eigenvalue weighted by Gasteiger charge is -2.21. The first-order chi connectivity index (χ1) is 15.5. The highest BCUT2D eigenvalue weighted by atomic mass is 35.5. The van der Waals surface area contributed by atoms with Crippen LogP contribution in [0, 0.1) is 19.8 Å². The molecule has 32 heavy (non-hydrogen) atoms. The Hall–Kier alpha value is -2.75. The zero-order valence-corrected chi connectivity index (χ0v) is 19.4. The monoisotopic (exact) mass is 473 g/mol. The summed E-state index contributed by atoms with van der Waals surface area (Å²) in [5.74, 6) is 1.85. The third-order valence-electron chi connectivity index (χ3n) is 5.05. The molecule has 3 heterocycles. The number of thiazole rings is 1. The Labute approximate surface area is 195 Å². The number of carbonyl (C=O) groups is 1. The Kier molecular flexibility index (Phi) is 7.19.